The number of hydrogen-bond donors (Lipinski definition) is 3. The average Bonchev–Trinajstić information content (AvgIpc) is 3.67. The summed E-state index contributed by atoms with van der Waals surface area (Å²) in [6.45, 7) is 6.08. The first-order valence-electron chi connectivity index (χ1n) is 15.7. The van der Waals surface area contributed by atoms with Crippen LogP contribution in [0.5, 0.6) is 0 Å². The molecule has 0 aliphatic carbocycles. The molecule has 2 unspecified atom stereocenters. The summed E-state index contributed by atoms with van der Waals surface area (Å²) in [5.74, 6) is -1.45. The Morgan fingerprint density at radius 3 is 2.42 bits per heavy atom. The zero-order valence-corrected chi connectivity index (χ0v) is 25.8. The summed E-state index contributed by atoms with van der Waals surface area (Å²) in [6.07, 6.45) is 3.00. The van der Waals surface area contributed by atoms with Crippen LogP contribution in [0.2, 0.25) is 0 Å². The minimum atomic E-state index is -1.22. The molecule has 45 heavy (non-hydrogen) atoms. The molecular formula is C34H40N6O5. The molecule has 3 atom stereocenters. The lowest BCUT2D eigenvalue weighted by Gasteiger charge is -2.31. The number of Topliss-reactive ketones (excluding diaryl/α,β-unsaturated/α-hetero) is 1. The second-order valence-electron chi connectivity index (χ2n) is 11.7. The molecular weight excluding hydrogens is 572 g/mol. The van der Waals surface area contributed by atoms with Gasteiger partial charge < -0.3 is 24.9 Å². The van der Waals surface area contributed by atoms with Gasteiger partial charge in [0.25, 0.3) is 5.91 Å². The van der Waals surface area contributed by atoms with Gasteiger partial charge in [-0.1, -0.05) is 12.1 Å². The van der Waals surface area contributed by atoms with Gasteiger partial charge in [0.2, 0.25) is 11.8 Å². The van der Waals surface area contributed by atoms with E-state index in [9.17, 15) is 24.4 Å². The average molecular weight is 613 g/mol. The van der Waals surface area contributed by atoms with Gasteiger partial charge in [-0.3, -0.25) is 24.5 Å². The molecule has 0 radical (unpaired) electrons. The van der Waals surface area contributed by atoms with Crippen molar-refractivity contribution in [1.29, 1.82) is 5.26 Å². The van der Waals surface area contributed by atoms with Gasteiger partial charge in [-0.15, -0.1) is 0 Å². The van der Waals surface area contributed by atoms with Crippen molar-refractivity contribution in [3.05, 3.63) is 65.4 Å². The fourth-order valence-electron chi connectivity index (χ4n) is 6.04. The second-order valence-corrected chi connectivity index (χ2v) is 11.7. The molecule has 0 spiro atoms. The highest BCUT2D eigenvalue weighted by atomic mass is 16.3. The van der Waals surface area contributed by atoms with E-state index < -0.39 is 23.9 Å². The number of ketones is 1. The Morgan fingerprint density at radius 1 is 1.00 bits per heavy atom. The maximum absolute atomic E-state index is 13.8. The van der Waals surface area contributed by atoms with E-state index in [2.05, 4.69) is 22.0 Å². The minimum absolute atomic E-state index is 0.0180. The van der Waals surface area contributed by atoms with E-state index in [1.807, 2.05) is 32.0 Å². The van der Waals surface area contributed by atoms with Crippen LogP contribution in [0.1, 0.15) is 65.5 Å². The Hall–Kier alpha value is -4.69. The molecule has 2 aliphatic rings. The number of benzene rings is 2. The van der Waals surface area contributed by atoms with E-state index in [1.165, 1.54) is 12.1 Å². The zero-order chi connectivity index (χ0) is 31.9. The van der Waals surface area contributed by atoms with Crippen LogP contribution in [0.15, 0.2) is 52.9 Å². The predicted octanol–water partition coefficient (Wildman–Crippen LogP) is 3.84. The monoisotopic (exact) mass is 612 g/mol. The van der Waals surface area contributed by atoms with Gasteiger partial charge in [0.1, 0.15) is 23.4 Å². The first-order valence-corrected chi connectivity index (χ1v) is 15.7. The van der Waals surface area contributed by atoms with E-state index in [1.54, 1.807) is 28.0 Å². The van der Waals surface area contributed by atoms with E-state index in [0.717, 1.165) is 36.8 Å². The summed E-state index contributed by atoms with van der Waals surface area (Å²) < 4.78 is 5.70. The van der Waals surface area contributed by atoms with E-state index >= 15 is 0 Å². The first kappa shape index (κ1) is 31.7. The van der Waals surface area contributed by atoms with Gasteiger partial charge in [0.15, 0.2) is 5.78 Å². The fourth-order valence-corrected chi connectivity index (χ4v) is 6.04. The summed E-state index contributed by atoms with van der Waals surface area (Å²) in [4.78, 5) is 56.2. The minimum Gasteiger partial charge on any atom is -0.461 e. The number of amides is 3. The number of aryl methyl sites for hydroxylation is 1. The van der Waals surface area contributed by atoms with Crippen LogP contribution in [0, 0.1) is 24.2 Å². The van der Waals surface area contributed by atoms with Crippen LogP contribution in [0.4, 0.5) is 5.69 Å². The molecule has 5 rings (SSSR count). The molecule has 3 heterocycles. The van der Waals surface area contributed by atoms with Crippen molar-refractivity contribution in [2.45, 2.75) is 58.2 Å². The summed E-state index contributed by atoms with van der Waals surface area (Å²) in [6, 6.07) is 15.0. The third-order valence-corrected chi connectivity index (χ3v) is 8.43. The van der Waals surface area contributed by atoms with Crippen LogP contribution in [-0.4, -0.2) is 78.2 Å². The number of carbonyl (C=O) groups excluding carboxylic acids is 4. The van der Waals surface area contributed by atoms with Crippen molar-refractivity contribution in [2.24, 2.45) is 5.92 Å². The second kappa shape index (κ2) is 14.4. The smallest absolute Gasteiger partial charge is 0.251 e. The van der Waals surface area contributed by atoms with Crippen molar-refractivity contribution in [3.8, 4) is 6.07 Å². The Kier molecular flexibility index (Phi) is 10.1. The Morgan fingerprint density at radius 2 is 1.71 bits per heavy atom. The molecule has 2 fully saturated rings. The van der Waals surface area contributed by atoms with Gasteiger partial charge in [-0.25, -0.2) is 0 Å². The predicted molar refractivity (Wildman–Crippen MR) is 169 cm³/mol. The number of nitrogens with one attached hydrogen (secondary N) is 3. The van der Waals surface area contributed by atoms with E-state index in [4.69, 9.17) is 4.42 Å². The Labute approximate surface area is 262 Å². The van der Waals surface area contributed by atoms with E-state index in [0.29, 0.717) is 49.4 Å². The van der Waals surface area contributed by atoms with Gasteiger partial charge in [0.05, 0.1) is 18.7 Å². The van der Waals surface area contributed by atoms with Crippen LogP contribution >= 0.6 is 0 Å². The highest BCUT2D eigenvalue weighted by Crippen LogP contribution is 2.25. The molecule has 3 aromatic rings. The van der Waals surface area contributed by atoms with Crippen LogP contribution in [0.3, 0.4) is 0 Å². The lowest BCUT2D eigenvalue weighted by atomic mass is 9.94. The summed E-state index contributed by atoms with van der Waals surface area (Å²) >= 11 is 0. The summed E-state index contributed by atoms with van der Waals surface area (Å²) in [5, 5.41) is 20.6. The van der Waals surface area contributed by atoms with Gasteiger partial charge in [-0.2, -0.15) is 5.26 Å². The number of likely N-dealkylation sites (tertiary alicyclic amines) is 2. The van der Waals surface area contributed by atoms with Crippen molar-refractivity contribution in [2.75, 3.05) is 38.0 Å². The third-order valence-electron chi connectivity index (χ3n) is 8.43. The number of nitrogens with zero attached hydrogens (tertiary/aromatic N) is 3. The molecule has 3 amide bonds. The van der Waals surface area contributed by atoms with Crippen molar-refractivity contribution < 1.29 is 23.6 Å². The number of hydrogen-bond acceptors (Lipinski definition) is 8. The molecule has 2 saturated heterocycles. The van der Waals surface area contributed by atoms with Crippen LogP contribution in [-0.2, 0) is 9.59 Å². The van der Waals surface area contributed by atoms with Crippen molar-refractivity contribution >= 4 is 40.2 Å². The van der Waals surface area contributed by atoms with Gasteiger partial charge in [-0.05, 0) is 82.3 Å². The standard InChI is InChI=1S/C34H40N6O5/c1-3-36-33(43)24-11-9-23(10-12-24)31(42)27(20-35)32(37-26-13-14-29-25(19-26)18-22(2)45-29)38-28-8-4-5-17-40(34(28)44)21-30(41)39-15-6-7-16-39/h9-14,18-19,27-28,32,37-38H,3-8,15-17,21H2,1-2H3,(H,36,43)/t27?,28-,32?/m0/s1. The van der Waals surface area contributed by atoms with Crippen LogP contribution < -0.4 is 16.0 Å². The number of nitriles is 1. The topological polar surface area (TPSA) is 148 Å². The lowest BCUT2D eigenvalue weighted by Crippen LogP contribution is -2.55. The highest BCUT2D eigenvalue weighted by Gasteiger charge is 2.36. The number of fused-ring (bicyclic) bond motifs is 1. The number of furan rings is 1. The number of anilines is 1. The molecule has 11 heteroatoms. The number of rotatable bonds is 11. The largest absolute Gasteiger partial charge is 0.461 e. The SMILES string of the molecule is CCNC(=O)c1ccc(C(=O)C(C#N)C(Nc2ccc3oc(C)cc3c2)N[C@H]2CCCCN(CC(=O)N3CCCC3)C2=O)cc1. The molecule has 0 saturated carbocycles. The Balaban J connectivity index is 1.40. The van der Waals surface area contributed by atoms with Gasteiger partial charge in [0, 0.05) is 48.4 Å². The van der Waals surface area contributed by atoms with Gasteiger partial charge >= 0.3 is 0 Å². The maximum Gasteiger partial charge on any atom is 0.251 e. The molecule has 3 N–H and O–H groups in total. The normalized spacial score (nSPS) is 18.2. The maximum atomic E-state index is 13.8. The Bertz CT molecular complexity index is 1590. The van der Waals surface area contributed by atoms with Crippen molar-refractivity contribution in [3.63, 3.8) is 0 Å². The number of carbonyl (C=O) groups is 4. The summed E-state index contributed by atoms with van der Waals surface area (Å²) in [5.41, 5.74) is 2.03. The third kappa shape index (κ3) is 7.52. The summed E-state index contributed by atoms with van der Waals surface area (Å²) in [7, 11) is 0. The molecule has 0 bridgehead atoms. The molecule has 1 aromatic heterocycles. The zero-order valence-electron chi connectivity index (χ0n) is 25.8. The molecule has 236 valence electrons. The quantitative estimate of drug-likeness (QED) is 0.219. The molecule has 11 nitrogen and oxygen atoms in total. The van der Waals surface area contributed by atoms with Crippen LogP contribution in [0.25, 0.3) is 11.0 Å². The van der Waals surface area contributed by atoms with Crippen molar-refractivity contribution in [1.82, 2.24) is 20.4 Å². The highest BCUT2D eigenvalue weighted by molar-refractivity contribution is 6.01. The lowest BCUT2D eigenvalue weighted by molar-refractivity contribution is -0.140. The first-order chi connectivity index (χ1) is 21.8. The fraction of sp³-hybridized carbons (Fsp3) is 0.441. The molecule has 2 aliphatic heterocycles. The van der Waals surface area contributed by atoms with E-state index in [-0.39, 0.29) is 29.8 Å². The molecule has 2 aromatic carbocycles.